The highest BCUT2D eigenvalue weighted by atomic mass is 35.5. The number of aromatic hydroxyl groups is 1. The Morgan fingerprint density at radius 2 is 1.67 bits per heavy atom. The first-order chi connectivity index (χ1) is 5.72. The average Bonchev–Trinajstić information content (AvgIpc) is 2.11. The van der Waals surface area contributed by atoms with Crippen LogP contribution in [0.5, 0.6) is 5.75 Å². The van der Waals surface area contributed by atoms with Crippen LogP contribution in [0.3, 0.4) is 0 Å². The third-order valence-corrected chi connectivity index (χ3v) is 1.76. The zero-order valence-corrected chi connectivity index (χ0v) is 8.44. The van der Waals surface area contributed by atoms with Crippen molar-refractivity contribution in [2.24, 2.45) is 0 Å². The van der Waals surface area contributed by atoms with Crippen molar-refractivity contribution in [3.63, 3.8) is 0 Å². The minimum absolute atomic E-state index is 0.368. The molecule has 1 aromatic rings. The SMILES string of the molecule is Cc1ccccc1O.ClCCCl. The van der Waals surface area contributed by atoms with Crippen molar-refractivity contribution in [2.45, 2.75) is 6.92 Å². The number of hydrogen-bond donors (Lipinski definition) is 1. The third-order valence-electron chi connectivity index (χ3n) is 1.19. The van der Waals surface area contributed by atoms with Crippen LogP contribution >= 0.6 is 23.2 Å². The standard InChI is InChI=1S/C7H8O.C2H4Cl2/c1-6-4-2-3-5-7(6)8;3-1-2-4/h2-5,8H,1H3;1-2H2. The molecule has 68 valence electrons. The van der Waals surface area contributed by atoms with E-state index in [1.165, 1.54) is 0 Å². The van der Waals surface area contributed by atoms with Gasteiger partial charge in [0, 0.05) is 11.8 Å². The van der Waals surface area contributed by atoms with Gasteiger partial charge in [0.2, 0.25) is 0 Å². The van der Waals surface area contributed by atoms with Gasteiger partial charge >= 0.3 is 0 Å². The Morgan fingerprint density at radius 1 is 1.17 bits per heavy atom. The lowest BCUT2D eigenvalue weighted by Gasteiger charge is -1.92. The molecule has 0 spiro atoms. The van der Waals surface area contributed by atoms with Crippen LogP contribution in [0, 0.1) is 6.92 Å². The summed E-state index contributed by atoms with van der Waals surface area (Å²) in [5.74, 6) is 1.48. The van der Waals surface area contributed by atoms with Crippen LogP contribution < -0.4 is 0 Å². The van der Waals surface area contributed by atoms with E-state index in [1.807, 2.05) is 25.1 Å². The van der Waals surface area contributed by atoms with Crippen molar-refractivity contribution in [3.8, 4) is 5.75 Å². The minimum Gasteiger partial charge on any atom is -0.508 e. The molecule has 0 aliphatic rings. The zero-order valence-electron chi connectivity index (χ0n) is 6.93. The quantitative estimate of drug-likeness (QED) is 0.701. The molecule has 0 amide bonds. The number of phenolic OH excluding ortho intramolecular Hbond substituents is 1. The largest absolute Gasteiger partial charge is 0.508 e. The van der Waals surface area contributed by atoms with Gasteiger partial charge in [-0.15, -0.1) is 23.2 Å². The summed E-state index contributed by atoms with van der Waals surface area (Å²) in [4.78, 5) is 0. The van der Waals surface area contributed by atoms with Crippen LogP contribution in [0.2, 0.25) is 0 Å². The van der Waals surface area contributed by atoms with E-state index in [1.54, 1.807) is 6.07 Å². The second-order valence-electron chi connectivity index (χ2n) is 2.16. The van der Waals surface area contributed by atoms with Crippen LogP contribution in [0.1, 0.15) is 5.56 Å². The van der Waals surface area contributed by atoms with Crippen molar-refractivity contribution in [2.75, 3.05) is 11.8 Å². The fraction of sp³-hybridized carbons (Fsp3) is 0.333. The maximum Gasteiger partial charge on any atom is 0.118 e. The molecule has 12 heavy (non-hydrogen) atoms. The number of aryl methyl sites for hydroxylation is 1. The molecule has 0 aromatic heterocycles. The summed E-state index contributed by atoms with van der Waals surface area (Å²) in [6, 6.07) is 7.25. The van der Waals surface area contributed by atoms with E-state index in [0.29, 0.717) is 17.5 Å². The van der Waals surface area contributed by atoms with E-state index in [9.17, 15) is 0 Å². The van der Waals surface area contributed by atoms with Gasteiger partial charge in [-0.1, -0.05) is 18.2 Å². The minimum atomic E-state index is 0.368. The summed E-state index contributed by atoms with van der Waals surface area (Å²) < 4.78 is 0. The second kappa shape index (κ2) is 7.26. The molecule has 0 saturated carbocycles. The van der Waals surface area contributed by atoms with E-state index in [-0.39, 0.29) is 0 Å². The predicted octanol–water partition coefficient (Wildman–Crippen LogP) is 3.16. The Bertz CT molecular complexity index is 190. The fourth-order valence-electron chi connectivity index (χ4n) is 0.563. The average molecular weight is 207 g/mol. The number of hydrogen-bond acceptors (Lipinski definition) is 1. The Morgan fingerprint density at radius 3 is 1.92 bits per heavy atom. The van der Waals surface area contributed by atoms with Crippen LogP contribution in [0.4, 0.5) is 0 Å². The van der Waals surface area contributed by atoms with E-state index in [2.05, 4.69) is 0 Å². The molecule has 0 heterocycles. The molecule has 1 nitrogen and oxygen atoms in total. The predicted molar refractivity (Wildman–Crippen MR) is 54.3 cm³/mol. The number of rotatable bonds is 1. The van der Waals surface area contributed by atoms with Crippen LogP contribution in [-0.4, -0.2) is 16.9 Å². The molecule has 0 aliphatic carbocycles. The normalized spacial score (nSPS) is 8.58. The van der Waals surface area contributed by atoms with Gasteiger partial charge in [-0.3, -0.25) is 0 Å². The number of para-hydroxylation sites is 1. The topological polar surface area (TPSA) is 20.2 Å². The monoisotopic (exact) mass is 206 g/mol. The van der Waals surface area contributed by atoms with Crippen molar-refractivity contribution < 1.29 is 5.11 Å². The van der Waals surface area contributed by atoms with Gasteiger partial charge < -0.3 is 5.11 Å². The molecule has 0 bridgehead atoms. The molecule has 0 unspecified atom stereocenters. The van der Waals surface area contributed by atoms with E-state index < -0.39 is 0 Å². The molecule has 0 saturated heterocycles. The second-order valence-corrected chi connectivity index (χ2v) is 2.92. The molecule has 0 radical (unpaired) electrons. The van der Waals surface area contributed by atoms with Gasteiger partial charge in [-0.05, 0) is 18.6 Å². The van der Waals surface area contributed by atoms with Crippen molar-refractivity contribution >= 4 is 23.2 Å². The summed E-state index contributed by atoms with van der Waals surface area (Å²) >= 11 is 10.1. The molecular formula is C9H12Cl2O. The van der Waals surface area contributed by atoms with Gasteiger partial charge in [0.05, 0.1) is 0 Å². The first-order valence-electron chi connectivity index (χ1n) is 3.59. The van der Waals surface area contributed by atoms with Crippen molar-refractivity contribution in [1.29, 1.82) is 0 Å². The first kappa shape index (κ1) is 11.6. The fourth-order valence-corrected chi connectivity index (χ4v) is 0.563. The first-order valence-corrected chi connectivity index (χ1v) is 4.65. The van der Waals surface area contributed by atoms with Gasteiger partial charge in [0.15, 0.2) is 0 Å². The number of benzene rings is 1. The highest BCUT2D eigenvalue weighted by molar-refractivity contribution is 6.25. The van der Waals surface area contributed by atoms with E-state index in [0.717, 1.165) is 5.56 Å². The summed E-state index contributed by atoms with van der Waals surface area (Å²) in [7, 11) is 0. The third kappa shape index (κ3) is 5.28. The molecule has 1 rings (SSSR count). The number of phenols is 1. The van der Waals surface area contributed by atoms with Crippen LogP contribution in [-0.2, 0) is 0 Å². The summed E-state index contributed by atoms with van der Waals surface area (Å²) in [6.07, 6.45) is 0. The number of alkyl halides is 2. The zero-order chi connectivity index (χ0) is 9.40. The lowest BCUT2D eigenvalue weighted by molar-refractivity contribution is 0.471. The van der Waals surface area contributed by atoms with Crippen molar-refractivity contribution in [1.82, 2.24) is 0 Å². The summed E-state index contributed by atoms with van der Waals surface area (Å²) in [6.45, 7) is 1.87. The Labute approximate surface area is 82.9 Å². The smallest absolute Gasteiger partial charge is 0.118 e. The molecule has 1 aromatic carbocycles. The van der Waals surface area contributed by atoms with Gasteiger partial charge in [-0.25, -0.2) is 0 Å². The molecule has 0 atom stereocenters. The van der Waals surface area contributed by atoms with Crippen molar-refractivity contribution in [3.05, 3.63) is 29.8 Å². The lowest BCUT2D eigenvalue weighted by atomic mass is 10.2. The lowest BCUT2D eigenvalue weighted by Crippen LogP contribution is -1.68. The molecular weight excluding hydrogens is 195 g/mol. The van der Waals surface area contributed by atoms with Gasteiger partial charge in [-0.2, -0.15) is 0 Å². The molecule has 1 N–H and O–H groups in total. The maximum atomic E-state index is 8.92. The maximum absolute atomic E-state index is 8.92. The van der Waals surface area contributed by atoms with Crippen LogP contribution in [0.15, 0.2) is 24.3 Å². The van der Waals surface area contributed by atoms with Crippen LogP contribution in [0.25, 0.3) is 0 Å². The Balaban J connectivity index is 0.000000261. The summed E-state index contributed by atoms with van der Waals surface area (Å²) in [5.41, 5.74) is 0.924. The van der Waals surface area contributed by atoms with Gasteiger partial charge in [0.25, 0.3) is 0 Å². The van der Waals surface area contributed by atoms with E-state index >= 15 is 0 Å². The van der Waals surface area contributed by atoms with Gasteiger partial charge in [0.1, 0.15) is 5.75 Å². The summed E-state index contributed by atoms with van der Waals surface area (Å²) in [5, 5.41) is 8.92. The Hall–Kier alpha value is -0.400. The molecule has 0 aliphatic heterocycles. The van der Waals surface area contributed by atoms with E-state index in [4.69, 9.17) is 28.3 Å². The molecule has 0 fully saturated rings. The molecule has 3 heteroatoms. The highest BCUT2D eigenvalue weighted by Gasteiger charge is 1.86. The Kier molecular flexibility index (Phi) is 7.02. The highest BCUT2D eigenvalue weighted by Crippen LogP contribution is 2.12. The number of halogens is 2.